The summed E-state index contributed by atoms with van der Waals surface area (Å²) in [5, 5.41) is 5.22. The molecule has 2 fully saturated rings. The van der Waals surface area contributed by atoms with Gasteiger partial charge in [-0.2, -0.15) is 11.8 Å². The van der Waals surface area contributed by atoms with Crippen molar-refractivity contribution in [1.82, 2.24) is 15.1 Å². The van der Waals surface area contributed by atoms with Gasteiger partial charge in [-0.3, -0.25) is 9.69 Å². The van der Waals surface area contributed by atoms with Crippen LogP contribution in [-0.4, -0.2) is 65.5 Å². The zero-order valence-electron chi connectivity index (χ0n) is 18.0. The fourth-order valence-corrected chi connectivity index (χ4v) is 5.95. The highest BCUT2D eigenvalue weighted by atomic mass is 32.2. The maximum absolute atomic E-state index is 13.6. The molecule has 1 atom stereocenters. The predicted molar refractivity (Wildman–Crippen MR) is 123 cm³/mol. The Kier molecular flexibility index (Phi) is 8.05. The molecule has 1 aromatic heterocycles. The first-order valence-electron chi connectivity index (χ1n) is 10.8. The summed E-state index contributed by atoms with van der Waals surface area (Å²) in [7, 11) is 0. The highest BCUT2D eigenvalue weighted by Crippen LogP contribution is 2.38. The Hall–Kier alpha value is -1.05. The van der Waals surface area contributed by atoms with Crippen LogP contribution in [0.1, 0.15) is 44.4 Å². The lowest BCUT2D eigenvalue weighted by molar-refractivity contribution is -0.134. The van der Waals surface area contributed by atoms with Crippen LogP contribution in [0.25, 0.3) is 0 Å². The van der Waals surface area contributed by atoms with Crippen molar-refractivity contribution in [2.75, 3.05) is 38.2 Å². The number of carbonyl (C=O) groups excluding carboxylic acids is 2. The second-order valence-corrected chi connectivity index (χ2v) is 10.8. The third-order valence-corrected chi connectivity index (χ3v) is 7.83. The van der Waals surface area contributed by atoms with Gasteiger partial charge in [-0.05, 0) is 87.0 Å². The van der Waals surface area contributed by atoms with E-state index in [0.717, 1.165) is 45.3 Å². The van der Waals surface area contributed by atoms with E-state index in [9.17, 15) is 9.59 Å². The number of carbonyl (C=O) groups is 2. The number of thiophene rings is 1. The van der Waals surface area contributed by atoms with Gasteiger partial charge in [-0.25, -0.2) is 4.79 Å². The Morgan fingerprint density at radius 2 is 2.03 bits per heavy atom. The van der Waals surface area contributed by atoms with Crippen molar-refractivity contribution in [3.05, 3.63) is 22.4 Å². The first kappa shape index (κ1) is 22.6. The number of likely N-dealkylation sites (tertiary alicyclic amines) is 1. The summed E-state index contributed by atoms with van der Waals surface area (Å²) in [6.45, 7) is 7.95. The van der Waals surface area contributed by atoms with E-state index in [1.54, 1.807) is 11.3 Å². The average Bonchev–Trinajstić information content (AvgIpc) is 3.28. The van der Waals surface area contributed by atoms with E-state index >= 15 is 0 Å². The van der Waals surface area contributed by atoms with Crippen LogP contribution in [0.5, 0.6) is 0 Å². The minimum Gasteiger partial charge on any atom is -0.323 e. The molecule has 29 heavy (non-hydrogen) atoms. The number of hydrogen-bond acceptors (Lipinski definition) is 5. The molecule has 1 N–H and O–H groups in total. The first-order chi connectivity index (χ1) is 14.0. The van der Waals surface area contributed by atoms with Crippen molar-refractivity contribution in [2.24, 2.45) is 11.8 Å². The van der Waals surface area contributed by atoms with E-state index in [2.05, 4.69) is 36.4 Å². The number of rotatable bonds is 10. The fourth-order valence-electron chi connectivity index (χ4n) is 4.83. The Balaban J connectivity index is 1.67. The second-order valence-electron chi connectivity index (χ2n) is 8.75. The van der Waals surface area contributed by atoms with Crippen molar-refractivity contribution in [3.63, 3.8) is 0 Å². The molecule has 3 heterocycles. The highest BCUT2D eigenvalue weighted by Gasteiger charge is 2.55. The topological polar surface area (TPSA) is 52.7 Å². The molecule has 2 aliphatic heterocycles. The van der Waals surface area contributed by atoms with Gasteiger partial charge in [0.1, 0.15) is 5.54 Å². The van der Waals surface area contributed by atoms with E-state index in [0.29, 0.717) is 12.5 Å². The van der Waals surface area contributed by atoms with Gasteiger partial charge in [0.2, 0.25) is 0 Å². The van der Waals surface area contributed by atoms with Crippen molar-refractivity contribution in [1.29, 1.82) is 0 Å². The number of piperidine rings is 1. The summed E-state index contributed by atoms with van der Waals surface area (Å²) in [4.78, 5) is 31.6. The number of urea groups is 1. The van der Waals surface area contributed by atoms with Gasteiger partial charge in [0.15, 0.2) is 0 Å². The Morgan fingerprint density at radius 1 is 1.28 bits per heavy atom. The van der Waals surface area contributed by atoms with Crippen molar-refractivity contribution in [3.8, 4) is 0 Å². The molecule has 0 aliphatic carbocycles. The number of nitrogens with zero attached hydrogens (tertiary/aromatic N) is 2. The molecule has 2 aliphatic rings. The molecule has 0 radical (unpaired) electrons. The summed E-state index contributed by atoms with van der Waals surface area (Å²) in [6.07, 6.45) is 6.80. The van der Waals surface area contributed by atoms with Crippen LogP contribution in [-0.2, 0) is 11.2 Å². The fraction of sp³-hybridized carbons (Fsp3) is 0.727. The van der Waals surface area contributed by atoms with Crippen LogP contribution in [0.3, 0.4) is 0 Å². The van der Waals surface area contributed by atoms with Crippen molar-refractivity contribution >= 4 is 35.0 Å². The number of thioether (sulfide) groups is 1. The molecule has 3 rings (SSSR count). The molecule has 0 aromatic carbocycles. The third-order valence-electron chi connectivity index (χ3n) is 6.20. The van der Waals surface area contributed by atoms with Crippen LogP contribution in [0.15, 0.2) is 17.5 Å². The maximum atomic E-state index is 13.6. The third kappa shape index (κ3) is 5.36. The SMILES string of the molecule is CSCCCN1CCC(C2(CC(C)C)NC(=O)N(CCc3cccs3)C2=O)CC1. The summed E-state index contributed by atoms with van der Waals surface area (Å²) < 4.78 is 0. The van der Waals surface area contributed by atoms with Gasteiger partial charge in [0, 0.05) is 11.4 Å². The van der Waals surface area contributed by atoms with E-state index in [4.69, 9.17) is 0 Å². The van der Waals surface area contributed by atoms with E-state index in [-0.39, 0.29) is 17.9 Å². The Bertz CT molecular complexity index is 672. The van der Waals surface area contributed by atoms with Gasteiger partial charge in [-0.1, -0.05) is 19.9 Å². The largest absolute Gasteiger partial charge is 0.325 e. The summed E-state index contributed by atoms with van der Waals surface area (Å²) in [5.41, 5.74) is -0.716. The predicted octanol–water partition coefficient (Wildman–Crippen LogP) is 4.09. The van der Waals surface area contributed by atoms with Crippen molar-refractivity contribution in [2.45, 2.75) is 51.5 Å². The summed E-state index contributed by atoms with van der Waals surface area (Å²) >= 11 is 3.58. The summed E-state index contributed by atoms with van der Waals surface area (Å²) in [5.74, 6) is 1.79. The minimum atomic E-state index is -0.716. The molecular formula is C22H35N3O2S2. The smallest absolute Gasteiger partial charge is 0.323 e. The van der Waals surface area contributed by atoms with Crippen LogP contribution in [0.4, 0.5) is 4.79 Å². The normalized spacial score (nSPS) is 23.9. The molecule has 162 valence electrons. The van der Waals surface area contributed by atoms with E-state index < -0.39 is 5.54 Å². The standard InChI is InChI=1S/C22H35N3O2S2/c1-17(2)16-22(18-7-11-24(12-8-18)10-5-14-28-3)20(26)25(21(27)23-22)13-9-19-6-4-15-29-19/h4,6,15,17-18H,5,7-14,16H2,1-3H3,(H,23,27). The van der Waals surface area contributed by atoms with Crippen LogP contribution in [0, 0.1) is 11.8 Å². The van der Waals surface area contributed by atoms with Gasteiger partial charge in [0.25, 0.3) is 5.91 Å². The molecule has 2 saturated heterocycles. The lowest BCUT2D eigenvalue weighted by Gasteiger charge is -2.41. The van der Waals surface area contributed by atoms with Gasteiger partial charge >= 0.3 is 6.03 Å². The molecular weight excluding hydrogens is 402 g/mol. The maximum Gasteiger partial charge on any atom is 0.325 e. The Labute approximate surface area is 183 Å². The minimum absolute atomic E-state index is 0.00795. The molecule has 0 bridgehead atoms. The molecule has 1 unspecified atom stereocenters. The molecule has 0 spiro atoms. The lowest BCUT2D eigenvalue weighted by Crippen LogP contribution is -2.57. The van der Waals surface area contributed by atoms with Gasteiger partial charge in [0.05, 0.1) is 0 Å². The van der Waals surface area contributed by atoms with E-state index in [1.165, 1.54) is 22.0 Å². The monoisotopic (exact) mass is 437 g/mol. The van der Waals surface area contributed by atoms with Crippen LogP contribution >= 0.6 is 23.1 Å². The molecule has 3 amide bonds. The Morgan fingerprint density at radius 3 is 2.66 bits per heavy atom. The van der Waals surface area contributed by atoms with E-state index in [1.807, 2.05) is 23.2 Å². The molecule has 5 nitrogen and oxygen atoms in total. The van der Waals surface area contributed by atoms with Crippen LogP contribution in [0.2, 0.25) is 0 Å². The van der Waals surface area contributed by atoms with Crippen molar-refractivity contribution < 1.29 is 9.59 Å². The van der Waals surface area contributed by atoms with Gasteiger partial charge in [-0.15, -0.1) is 11.3 Å². The summed E-state index contributed by atoms with van der Waals surface area (Å²) in [6, 6.07) is 3.88. The van der Waals surface area contributed by atoms with Crippen LogP contribution < -0.4 is 5.32 Å². The van der Waals surface area contributed by atoms with Gasteiger partial charge < -0.3 is 10.2 Å². The zero-order valence-corrected chi connectivity index (χ0v) is 19.6. The lowest BCUT2D eigenvalue weighted by atomic mass is 9.73. The zero-order chi connectivity index (χ0) is 20.9. The quantitative estimate of drug-likeness (QED) is 0.442. The number of imide groups is 1. The molecule has 0 saturated carbocycles. The number of hydrogen-bond donors (Lipinski definition) is 1. The average molecular weight is 438 g/mol. The number of amides is 3. The highest BCUT2D eigenvalue weighted by molar-refractivity contribution is 7.98. The second kappa shape index (κ2) is 10.3. The molecule has 1 aromatic rings. The molecule has 7 heteroatoms. The first-order valence-corrected chi connectivity index (χ1v) is 13.1. The number of nitrogens with one attached hydrogen (secondary N) is 1.